The van der Waals surface area contributed by atoms with Crippen LogP contribution in [0.5, 0.6) is 0 Å². The zero-order chi connectivity index (χ0) is 20.1. The van der Waals surface area contributed by atoms with Crippen LogP contribution in [0.25, 0.3) is 0 Å². The SMILES string of the molecule is CCOCCN(C)C(=O)C(=O)N1C[C@@H](C[C@@H]2COCC(=O)N2)c2ccccc21. The lowest BCUT2D eigenvalue weighted by atomic mass is 9.94. The highest BCUT2D eigenvalue weighted by molar-refractivity contribution is 6.40. The smallest absolute Gasteiger partial charge is 0.316 e. The second-order valence-corrected chi connectivity index (χ2v) is 7.11. The highest BCUT2D eigenvalue weighted by Gasteiger charge is 2.37. The Morgan fingerprint density at radius 2 is 2.14 bits per heavy atom. The topological polar surface area (TPSA) is 88.2 Å². The van der Waals surface area contributed by atoms with Gasteiger partial charge in [0, 0.05) is 38.3 Å². The molecule has 1 saturated heterocycles. The highest BCUT2D eigenvalue weighted by Crippen LogP contribution is 2.38. The lowest BCUT2D eigenvalue weighted by Crippen LogP contribution is -2.47. The Morgan fingerprint density at radius 1 is 1.36 bits per heavy atom. The number of likely N-dealkylation sites (N-methyl/N-ethyl adjacent to an activating group) is 1. The highest BCUT2D eigenvalue weighted by atomic mass is 16.5. The van der Waals surface area contributed by atoms with Gasteiger partial charge in [-0.15, -0.1) is 0 Å². The molecule has 3 amide bonds. The van der Waals surface area contributed by atoms with Crippen LogP contribution in [0.15, 0.2) is 24.3 Å². The fourth-order valence-corrected chi connectivity index (χ4v) is 3.69. The first-order valence-corrected chi connectivity index (χ1v) is 9.62. The molecule has 8 nitrogen and oxygen atoms in total. The number of benzene rings is 1. The maximum Gasteiger partial charge on any atom is 0.316 e. The van der Waals surface area contributed by atoms with Crippen LogP contribution in [0.2, 0.25) is 0 Å². The summed E-state index contributed by atoms with van der Waals surface area (Å²) in [6.07, 6.45) is 0.654. The summed E-state index contributed by atoms with van der Waals surface area (Å²) in [5, 5.41) is 2.93. The summed E-state index contributed by atoms with van der Waals surface area (Å²) in [5.41, 5.74) is 1.77. The Bertz CT molecular complexity index is 738. The van der Waals surface area contributed by atoms with Gasteiger partial charge in [-0.25, -0.2) is 0 Å². The molecular formula is C20H27N3O5. The molecule has 0 spiro atoms. The number of nitrogens with zero attached hydrogens (tertiary/aromatic N) is 2. The van der Waals surface area contributed by atoms with E-state index >= 15 is 0 Å². The van der Waals surface area contributed by atoms with Gasteiger partial charge in [-0.05, 0) is 25.0 Å². The van der Waals surface area contributed by atoms with E-state index in [4.69, 9.17) is 9.47 Å². The van der Waals surface area contributed by atoms with Crippen molar-refractivity contribution in [3.8, 4) is 0 Å². The summed E-state index contributed by atoms with van der Waals surface area (Å²) in [6.45, 7) is 4.17. The Balaban J connectivity index is 1.69. The van der Waals surface area contributed by atoms with E-state index in [1.807, 2.05) is 31.2 Å². The fourth-order valence-electron chi connectivity index (χ4n) is 3.69. The van der Waals surface area contributed by atoms with Crippen LogP contribution in [0, 0.1) is 0 Å². The van der Waals surface area contributed by atoms with E-state index in [0.29, 0.717) is 39.3 Å². The molecule has 0 saturated carbocycles. The lowest BCUT2D eigenvalue weighted by Gasteiger charge is -2.26. The molecule has 0 radical (unpaired) electrons. The average Bonchev–Trinajstić information content (AvgIpc) is 3.05. The molecule has 2 aliphatic heterocycles. The van der Waals surface area contributed by atoms with Crippen molar-refractivity contribution >= 4 is 23.4 Å². The molecule has 152 valence electrons. The number of nitrogens with one attached hydrogen (secondary N) is 1. The molecule has 0 bridgehead atoms. The zero-order valence-corrected chi connectivity index (χ0v) is 16.3. The van der Waals surface area contributed by atoms with Gasteiger partial charge in [-0.2, -0.15) is 0 Å². The van der Waals surface area contributed by atoms with Crippen molar-refractivity contribution in [1.82, 2.24) is 10.2 Å². The molecule has 0 aromatic heterocycles. The van der Waals surface area contributed by atoms with Crippen molar-refractivity contribution in [3.63, 3.8) is 0 Å². The number of carbonyl (C=O) groups excluding carboxylic acids is 3. The minimum Gasteiger partial charge on any atom is -0.380 e. The molecule has 1 aromatic carbocycles. The number of hydrogen-bond acceptors (Lipinski definition) is 5. The first-order valence-electron chi connectivity index (χ1n) is 9.62. The van der Waals surface area contributed by atoms with Gasteiger partial charge in [0.1, 0.15) is 6.61 Å². The Hall–Kier alpha value is -2.45. The molecule has 2 aliphatic rings. The van der Waals surface area contributed by atoms with Gasteiger partial charge in [0.2, 0.25) is 5.91 Å². The molecule has 1 aromatic rings. The quantitative estimate of drug-likeness (QED) is 0.566. The normalized spacial score (nSPS) is 21.2. The molecule has 2 heterocycles. The number of anilines is 1. The van der Waals surface area contributed by atoms with Gasteiger partial charge in [0.25, 0.3) is 0 Å². The van der Waals surface area contributed by atoms with E-state index in [9.17, 15) is 14.4 Å². The van der Waals surface area contributed by atoms with Gasteiger partial charge in [0.05, 0.1) is 19.3 Å². The maximum absolute atomic E-state index is 12.9. The summed E-state index contributed by atoms with van der Waals surface area (Å²) >= 11 is 0. The Kier molecular flexibility index (Phi) is 6.64. The monoisotopic (exact) mass is 389 g/mol. The number of morpholine rings is 1. The van der Waals surface area contributed by atoms with Crippen LogP contribution in [-0.2, 0) is 23.9 Å². The number of carbonyl (C=O) groups is 3. The number of amides is 3. The van der Waals surface area contributed by atoms with Gasteiger partial charge < -0.3 is 24.6 Å². The second-order valence-electron chi connectivity index (χ2n) is 7.11. The van der Waals surface area contributed by atoms with Crippen molar-refractivity contribution in [2.75, 3.05) is 51.5 Å². The zero-order valence-electron chi connectivity index (χ0n) is 16.3. The summed E-state index contributed by atoms with van der Waals surface area (Å²) in [5.74, 6) is -1.18. The minimum absolute atomic E-state index is 0.0358. The van der Waals surface area contributed by atoms with Crippen LogP contribution in [0.1, 0.15) is 24.8 Å². The van der Waals surface area contributed by atoms with Crippen molar-refractivity contribution in [2.24, 2.45) is 0 Å². The van der Waals surface area contributed by atoms with Crippen LogP contribution in [-0.4, -0.2) is 75.2 Å². The van der Waals surface area contributed by atoms with E-state index < -0.39 is 11.8 Å². The molecule has 28 heavy (non-hydrogen) atoms. The fraction of sp³-hybridized carbons (Fsp3) is 0.550. The molecule has 3 rings (SSSR count). The predicted molar refractivity (Wildman–Crippen MR) is 103 cm³/mol. The largest absolute Gasteiger partial charge is 0.380 e. The third-order valence-corrected chi connectivity index (χ3v) is 5.11. The summed E-state index contributed by atoms with van der Waals surface area (Å²) in [7, 11) is 1.60. The van der Waals surface area contributed by atoms with Gasteiger partial charge in [0.15, 0.2) is 0 Å². The summed E-state index contributed by atoms with van der Waals surface area (Å²) < 4.78 is 10.6. The number of rotatable bonds is 6. The Morgan fingerprint density at radius 3 is 2.89 bits per heavy atom. The Labute approximate surface area is 164 Å². The third kappa shape index (κ3) is 4.51. The number of hydrogen-bond donors (Lipinski definition) is 1. The molecule has 2 atom stereocenters. The predicted octanol–water partition coefficient (Wildman–Crippen LogP) is 0.517. The number of fused-ring (bicyclic) bond motifs is 1. The molecular weight excluding hydrogens is 362 g/mol. The van der Waals surface area contributed by atoms with Gasteiger partial charge in [-0.1, -0.05) is 18.2 Å². The second kappa shape index (κ2) is 9.16. The van der Waals surface area contributed by atoms with Crippen LogP contribution < -0.4 is 10.2 Å². The van der Waals surface area contributed by atoms with Crippen molar-refractivity contribution in [1.29, 1.82) is 0 Å². The van der Waals surface area contributed by atoms with E-state index in [0.717, 1.165) is 11.3 Å². The van der Waals surface area contributed by atoms with Crippen LogP contribution in [0.3, 0.4) is 0 Å². The maximum atomic E-state index is 12.9. The van der Waals surface area contributed by atoms with Gasteiger partial charge >= 0.3 is 11.8 Å². The third-order valence-electron chi connectivity index (χ3n) is 5.11. The average molecular weight is 389 g/mol. The lowest BCUT2D eigenvalue weighted by molar-refractivity contribution is -0.143. The minimum atomic E-state index is -0.551. The molecule has 8 heteroatoms. The van der Waals surface area contributed by atoms with Crippen molar-refractivity contribution < 1.29 is 23.9 Å². The van der Waals surface area contributed by atoms with E-state index in [-0.39, 0.29) is 24.5 Å². The first kappa shape index (κ1) is 20.3. The number of para-hydroxylation sites is 1. The van der Waals surface area contributed by atoms with Gasteiger partial charge in [-0.3, -0.25) is 14.4 Å². The van der Waals surface area contributed by atoms with Crippen LogP contribution in [0.4, 0.5) is 5.69 Å². The molecule has 0 aliphatic carbocycles. The summed E-state index contributed by atoms with van der Waals surface area (Å²) in [4.78, 5) is 40.0. The standard InChI is InChI=1S/C20H27N3O5/c1-3-27-9-8-22(2)19(25)20(26)23-11-14(16-6-4-5-7-17(16)23)10-15-12-28-13-18(24)21-15/h4-7,14-15H,3,8-13H2,1-2H3,(H,21,24)/t14-,15-/m1/s1. The van der Waals surface area contributed by atoms with Crippen LogP contribution >= 0.6 is 0 Å². The molecule has 0 unspecified atom stereocenters. The molecule has 1 fully saturated rings. The van der Waals surface area contributed by atoms with E-state index in [1.54, 1.807) is 11.9 Å². The molecule has 1 N–H and O–H groups in total. The van der Waals surface area contributed by atoms with Crippen molar-refractivity contribution in [3.05, 3.63) is 29.8 Å². The first-order chi connectivity index (χ1) is 13.5. The number of ether oxygens (including phenoxy) is 2. The summed E-state index contributed by atoms with van der Waals surface area (Å²) in [6, 6.07) is 7.51. The van der Waals surface area contributed by atoms with E-state index in [2.05, 4.69) is 5.32 Å². The van der Waals surface area contributed by atoms with Crippen molar-refractivity contribution in [2.45, 2.75) is 25.3 Å². The van der Waals surface area contributed by atoms with E-state index in [1.165, 1.54) is 4.90 Å².